The minimum absolute atomic E-state index is 0.103. The maximum absolute atomic E-state index is 14.5. The highest BCUT2D eigenvalue weighted by molar-refractivity contribution is 7.88. The van der Waals surface area contributed by atoms with Gasteiger partial charge in [-0.25, -0.2) is 39.9 Å². The molecular formula is C118H84BF9N8O5S. The molecule has 0 unspecified atom stereocenters. The molecule has 0 saturated carbocycles. The van der Waals surface area contributed by atoms with E-state index in [2.05, 4.69) is 271 Å². The molecule has 24 heteroatoms. The van der Waals surface area contributed by atoms with Crippen molar-refractivity contribution in [2.75, 3.05) is 0 Å². The minimum Gasteiger partial charge on any atom is -0.399 e. The summed E-state index contributed by atoms with van der Waals surface area (Å²) in [5.74, 6) is -13.0. The van der Waals surface area contributed by atoms with Crippen LogP contribution in [0.4, 0.5) is 39.5 Å². The normalized spacial score (nSPS) is 13.1. The van der Waals surface area contributed by atoms with E-state index >= 15 is 0 Å². The van der Waals surface area contributed by atoms with Crippen molar-refractivity contribution in [3.8, 4) is 175 Å². The average Bonchev–Trinajstić information content (AvgIpc) is 0.919. The summed E-state index contributed by atoms with van der Waals surface area (Å²) < 4.78 is 164. The van der Waals surface area contributed by atoms with E-state index < -0.39 is 39.1 Å². The van der Waals surface area contributed by atoms with Crippen LogP contribution in [-0.2, 0) is 19.4 Å². The third-order valence-electron chi connectivity index (χ3n) is 24.9. The standard InChI is InChI=1S/C54H36N4.C35H20F9N3O3S.C29H28BNO2/c1-5-15-37(16-6-1)46-35-49(40-17-7-2-8-18-40)55-50(36-46)41-31-27-38(28-32-41)47-25-13-23-42-24-14-26-48(51(42)47)39-29-33-45(34-30-39)54-57-52(43-19-9-3-10-20-43)56-53(58-54)44-21-11-4-12-22-44;36-32(37,34(40,41)42)33(38,39)35(43,44)51(48,49)50-27-16-8-14-22-13-7-15-26(28(22)27)21-17-19-25(20-18-21)31-46-29(23-9-3-1-4-10-23)45-30(47-31)24-11-5-2-6-12-24;1-28(2)29(3,4)33-30(32-28)25-17-15-23(16-18-25)27-20-24(21-11-7-5-8-12-21)19-26(31-27)22-13-9-6-10-14-22/h1-36H;1-20H;5-20H,1-4H3. The average molecular weight is 1910 g/mol. The number of aromatic nitrogens is 8. The highest BCUT2D eigenvalue weighted by Gasteiger charge is 2.86. The van der Waals surface area contributed by atoms with E-state index in [0.29, 0.717) is 51.4 Å². The minimum atomic E-state index is -7.45. The zero-order valence-corrected chi connectivity index (χ0v) is 77.4. The molecule has 1 saturated heterocycles. The first kappa shape index (κ1) is 94.4. The first-order chi connectivity index (χ1) is 68.5. The number of hydrogen-bond donors (Lipinski definition) is 0. The van der Waals surface area contributed by atoms with Gasteiger partial charge in [-0.2, -0.15) is 47.9 Å². The Balaban J connectivity index is 0.000000140. The lowest BCUT2D eigenvalue weighted by Crippen LogP contribution is -2.63. The van der Waals surface area contributed by atoms with Gasteiger partial charge in [-0.3, -0.25) is 0 Å². The molecule has 16 aromatic carbocycles. The monoisotopic (exact) mass is 1910 g/mol. The molecule has 0 spiro atoms. The molecule has 698 valence electrons. The van der Waals surface area contributed by atoms with Gasteiger partial charge in [0.05, 0.1) is 34.0 Å². The number of benzene rings is 16. The number of fused-ring (bicyclic) bond motifs is 2. The third-order valence-corrected chi connectivity index (χ3v) is 26.2. The van der Waals surface area contributed by atoms with Gasteiger partial charge in [0.1, 0.15) is 0 Å². The summed E-state index contributed by atoms with van der Waals surface area (Å²) in [6.45, 7) is 8.30. The predicted octanol–water partition coefficient (Wildman–Crippen LogP) is 30.0. The van der Waals surface area contributed by atoms with Crippen LogP contribution in [0.15, 0.2) is 437 Å². The number of hydrogen-bond acceptors (Lipinski definition) is 13. The lowest BCUT2D eigenvalue weighted by molar-refractivity contribution is -0.382. The zero-order valence-electron chi connectivity index (χ0n) is 76.6. The lowest BCUT2D eigenvalue weighted by Gasteiger charge is -2.32. The first-order valence-corrected chi connectivity index (χ1v) is 46.9. The second-order valence-corrected chi connectivity index (χ2v) is 36.4. The van der Waals surface area contributed by atoms with E-state index in [-0.39, 0.29) is 40.5 Å². The van der Waals surface area contributed by atoms with E-state index in [1.54, 1.807) is 12.1 Å². The fourth-order valence-electron chi connectivity index (χ4n) is 16.7. The second-order valence-electron chi connectivity index (χ2n) is 34.8. The van der Waals surface area contributed by atoms with Crippen molar-refractivity contribution in [3.05, 3.63) is 437 Å². The number of halogens is 9. The van der Waals surface area contributed by atoms with Crippen molar-refractivity contribution in [1.29, 1.82) is 0 Å². The third kappa shape index (κ3) is 19.6. The van der Waals surface area contributed by atoms with Crippen molar-refractivity contribution < 1.29 is 61.4 Å². The van der Waals surface area contributed by atoms with Gasteiger partial charge < -0.3 is 13.5 Å². The summed E-state index contributed by atoms with van der Waals surface area (Å²) in [6.07, 6.45) is -7.22. The van der Waals surface area contributed by atoms with Crippen LogP contribution in [0.2, 0.25) is 0 Å². The molecule has 1 aliphatic heterocycles. The van der Waals surface area contributed by atoms with Gasteiger partial charge in [-0.05, 0) is 135 Å². The number of pyridine rings is 2. The molecule has 21 rings (SSSR count). The SMILES string of the molecule is CC1(C)OB(c2ccc(-c3cc(-c4ccccc4)cc(-c4ccccc4)n3)cc2)OC1(C)C.O=S(=O)(Oc1cccc2cccc(-c3ccc(-c4nc(-c5ccccc5)nc(-c5ccccc5)n4)cc3)c12)C(F)(F)C(F)(F)C(F)(F)C(F)(F)F.c1ccc(-c2cc(-c3ccccc3)nc(-c3ccc(-c4cccc5cccc(-c6ccc(-c7nc(-c8ccccc8)nc(-c8ccccc8)n7)cc6)c45)cc3)c2)cc1. The summed E-state index contributed by atoms with van der Waals surface area (Å²) in [7, 11) is -7.56. The fraction of sp³-hybridized carbons (Fsp3) is 0.0847. The predicted molar refractivity (Wildman–Crippen MR) is 544 cm³/mol. The molecule has 1 fully saturated rings. The molecular weight excluding hydrogens is 1820 g/mol. The highest BCUT2D eigenvalue weighted by atomic mass is 32.2. The van der Waals surface area contributed by atoms with E-state index in [9.17, 15) is 47.9 Å². The van der Waals surface area contributed by atoms with E-state index in [1.807, 2.05) is 152 Å². The molecule has 142 heavy (non-hydrogen) atoms. The molecule has 4 aromatic heterocycles. The summed E-state index contributed by atoms with van der Waals surface area (Å²) in [5, 5.41) is -4.77. The largest absolute Gasteiger partial charge is 0.494 e. The van der Waals surface area contributed by atoms with E-state index in [1.165, 1.54) is 69.4 Å². The molecule has 5 heterocycles. The topological polar surface area (TPSA) is 165 Å². The quantitative estimate of drug-likeness (QED) is 0.0379. The van der Waals surface area contributed by atoms with Crippen LogP contribution in [-0.4, -0.2) is 89.9 Å². The molecule has 0 aliphatic carbocycles. The van der Waals surface area contributed by atoms with Crippen LogP contribution in [0, 0.1) is 0 Å². The van der Waals surface area contributed by atoms with E-state index in [4.69, 9.17) is 34.2 Å². The van der Waals surface area contributed by atoms with Gasteiger partial charge in [0.15, 0.2) is 40.7 Å². The fourth-order valence-corrected chi connectivity index (χ4v) is 17.6. The van der Waals surface area contributed by atoms with E-state index in [0.717, 1.165) is 102 Å². The summed E-state index contributed by atoms with van der Waals surface area (Å²) in [6, 6.07) is 141. The molecule has 20 aromatic rings. The Morgan fingerprint density at radius 1 is 0.246 bits per heavy atom. The van der Waals surface area contributed by atoms with Gasteiger partial charge in [0.25, 0.3) is 0 Å². The van der Waals surface area contributed by atoms with Crippen LogP contribution in [0.25, 0.3) is 191 Å². The highest BCUT2D eigenvalue weighted by Crippen LogP contribution is 2.56. The maximum atomic E-state index is 14.5. The molecule has 0 amide bonds. The van der Waals surface area contributed by atoms with Crippen LogP contribution in [0.1, 0.15) is 27.7 Å². The van der Waals surface area contributed by atoms with Crippen LogP contribution in [0.5, 0.6) is 5.75 Å². The molecule has 13 nitrogen and oxygen atoms in total. The Hall–Kier alpha value is -16.5. The smallest absolute Gasteiger partial charge is 0.399 e. The number of rotatable bonds is 21. The molecule has 0 atom stereocenters. The molecule has 0 bridgehead atoms. The number of alkyl halides is 9. The lowest BCUT2D eigenvalue weighted by atomic mass is 9.78. The summed E-state index contributed by atoms with van der Waals surface area (Å²) in [5.41, 5.74) is 22.8. The second kappa shape index (κ2) is 39.4. The van der Waals surface area contributed by atoms with Gasteiger partial charge in [-0.1, -0.05) is 406 Å². The molecule has 1 aliphatic rings. The van der Waals surface area contributed by atoms with Gasteiger partial charge >= 0.3 is 40.5 Å². The maximum Gasteiger partial charge on any atom is 0.494 e. The molecule has 0 N–H and O–H groups in total. The first-order valence-electron chi connectivity index (χ1n) is 45.5. The Morgan fingerprint density at radius 2 is 0.486 bits per heavy atom. The van der Waals surface area contributed by atoms with Crippen LogP contribution in [0.3, 0.4) is 0 Å². The molecule has 0 radical (unpaired) electrons. The van der Waals surface area contributed by atoms with Crippen molar-refractivity contribution in [1.82, 2.24) is 39.9 Å². The van der Waals surface area contributed by atoms with Crippen molar-refractivity contribution in [2.45, 2.75) is 62.2 Å². The Labute approximate surface area is 814 Å². The number of nitrogens with zero attached hydrogens (tertiary/aromatic N) is 8. The Bertz CT molecular complexity index is 7600. The van der Waals surface area contributed by atoms with Crippen molar-refractivity contribution in [2.24, 2.45) is 0 Å². The van der Waals surface area contributed by atoms with Crippen molar-refractivity contribution in [3.63, 3.8) is 0 Å². The Kier molecular flexibility index (Phi) is 26.2. The van der Waals surface area contributed by atoms with Gasteiger partial charge in [-0.15, -0.1) is 0 Å². The van der Waals surface area contributed by atoms with Gasteiger partial charge in [0.2, 0.25) is 0 Å². The zero-order chi connectivity index (χ0) is 98.6. The van der Waals surface area contributed by atoms with Crippen LogP contribution >= 0.6 is 0 Å². The summed E-state index contributed by atoms with van der Waals surface area (Å²) >= 11 is 0. The Morgan fingerprint density at radius 3 is 0.789 bits per heavy atom. The van der Waals surface area contributed by atoms with Gasteiger partial charge in [0, 0.05) is 61.0 Å². The summed E-state index contributed by atoms with van der Waals surface area (Å²) in [4.78, 5) is 38.8. The van der Waals surface area contributed by atoms with Crippen molar-refractivity contribution >= 4 is 44.2 Å². The van der Waals surface area contributed by atoms with Crippen LogP contribution < -0.4 is 9.65 Å².